The monoisotopic (exact) mass is 399 g/mol. The molecule has 9 heteroatoms. The highest BCUT2D eigenvalue weighted by Crippen LogP contribution is 2.18. The molecule has 0 radical (unpaired) electrons. The lowest BCUT2D eigenvalue weighted by molar-refractivity contribution is -0.127. The number of carbonyl (C=O) groups excluding carboxylic acids is 3. The van der Waals surface area contributed by atoms with Crippen LogP contribution in [-0.4, -0.2) is 59.1 Å². The fourth-order valence-corrected chi connectivity index (χ4v) is 3.19. The molecule has 1 aromatic heterocycles. The maximum atomic E-state index is 12.4. The van der Waals surface area contributed by atoms with Crippen LogP contribution < -0.4 is 15.4 Å². The number of amides is 3. The van der Waals surface area contributed by atoms with Crippen LogP contribution in [0.4, 0.5) is 5.69 Å². The third-order valence-electron chi connectivity index (χ3n) is 4.70. The number of benzene rings is 1. The highest BCUT2D eigenvalue weighted by molar-refractivity contribution is 6.06. The number of hydrogen-bond acceptors (Lipinski definition) is 5. The Morgan fingerprint density at radius 1 is 1.21 bits per heavy atom. The molecule has 2 N–H and O–H groups in total. The molecular weight excluding hydrogens is 374 g/mol. The molecule has 0 spiro atoms. The molecule has 1 aromatic carbocycles. The van der Waals surface area contributed by atoms with Gasteiger partial charge in [-0.2, -0.15) is 0 Å². The molecule has 3 amide bonds. The number of likely N-dealkylation sites (tertiary alicyclic amines) is 1. The van der Waals surface area contributed by atoms with E-state index >= 15 is 0 Å². The predicted octanol–water partition coefficient (Wildman–Crippen LogP) is 1.42. The summed E-state index contributed by atoms with van der Waals surface area (Å²) < 4.78 is 6.59. The maximum absolute atomic E-state index is 12.4. The quantitative estimate of drug-likeness (QED) is 0.653. The van der Waals surface area contributed by atoms with Crippen LogP contribution in [0, 0.1) is 0 Å². The SMILES string of the molecule is COc1nn(C)cc1C(=O)Nc1ccc(C(=O)NCCCN2CCCC2=O)cc1. The summed E-state index contributed by atoms with van der Waals surface area (Å²) in [5.74, 6) is -0.0948. The fraction of sp³-hybridized carbons (Fsp3) is 0.400. The van der Waals surface area contributed by atoms with Crippen LogP contribution in [0.2, 0.25) is 0 Å². The third-order valence-corrected chi connectivity index (χ3v) is 4.70. The van der Waals surface area contributed by atoms with E-state index in [1.54, 1.807) is 37.5 Å². The van der Waals surface area contributed by atoms with E-state index in [0.29, 0.717) is 36.3 Å². The Morgan fingerprint density at radius 2 is 1.97 bits per heavy atom. The number of methoxy groups -OCH3 is 1. The van der Waals surface area contributed by atoms with Crippen molar-refractivity contribution in [3.63, 3.8) is 0 Å². The number of hydrogen-bond donors (Lipinski definition) is 2. The highest BCUT2D eigenvalue weighted by atomic mass is 16.5. The van der Waals surface area contributed by atoms with E-state index < -0.39 is 0 Å². The third kappa shape index (κ3) is 5.13. The minimum Gasteiger partial charge on any atom is -0.479 e. The number of aryl methyl sites for hydroxylation is 1. The first-order chi connectivity index (χ1) is 14.0. The molecule has 0 aliphatic carbocycles. The Balaban J connectivity index is 1.48. The van der Waals surface area contributed by atoms with Gasteiger partial charge in [-0.3, -0.25) is 19.1 Å². The summed E-state index contributed by atoms with van der Waals surface area (Å²) in [7, 11) is 3.16. The van der Waals surface area contributed by atoms with Gasteiger partial charge < -0.3 is 20.3 Å². The molecule has 1 fully saturated rings. The minimum atomic E-state index is -0.344. The predicted molar refractivity (Wildman–Crippen MR) is 107 cm³/mol. The molecular formula is C20H25N5O4. The van der Waals surface area contributed by atoms with Gasteiger partial charge in [0, 0.05) is 50.6 Å². The normalized spacial score (nSPS) is 13.4. The van der Waals surface area contributed by atoms with Crippen molar-refractivity contribution in [2.75, 3.05) is 32.1 Å². The summed E-state index contributed by atoms with van der Waals surface area (Å²) in [5.41, 5.74) is 1.39. The van der Waals surface area contributed by atoms with Gasteiger partial charge in [-0.25, -0.2) is 0 Å². The molecule has 1 aliphatic heterocycles. The Bertz CT molecular complexity index is 891. The topological polar surface area (TPSA) is 106 Å². The van der Waals surface area contributed by atoms with E-state index in [9.17, 15) is 14.4 Å². The second-order valence-electron chi connectivity index (χ2n) is 6.85. The van der Waals surface area contributed by atoms with Crippen molar-refractivity contribution in [2.45, 2.75) is 19.3 Å². The van der Waals surface area contributed by atoms with Crippen molar-refractivity contribution >= 4 is 23.4 Å². The highest BCUT2D eigenvalue weighted by Gasteiger charge is 2.19. The van der Waals surface area contributed by atoms with E-state index in [-0.39, 0.29) is 23.6 Å². The van der Waals surface area contributed by atoms with E-state index in [0.717, 1.165) is 19.4 Å². The zero-order valence-electron chi connectivity index (χ0n) is 16.6. The first-order valence-electron chi connectivity index (χ1n) is 9.53. The first-order valence-corrected chi connectivity index (χ1v) is 9.53. The van der Waals surface area contributed by atoms with Gasteiger partial charge >= 0.3 is 0 Å². The summed E-state index contributed by atoms with van der Waals surface area (Å²) in [6, 6.07) is 6.63. The van der Waals surface area contributed by atoms with E-state index in [2.05, 4.69) is 15.7 Å². The first kappa shape index (κ1) is 20.4. The zero-order chi connectivity index (χ0) is 20.8. The largest absolute Gasteiger partial charge is 0.479 e. The van der Waals surface area contributed by atoms with Crippen molar-refractivity contribution in [3.8, 4) is 5.88 Å². The fourth-order valence-electron chi connectivity index (χ4n) is 3.19. The van der Waals surface area contributed by atoms with E-state index in [4.69, 9.17) is 4.74 Å². The van der Waals surface area contributed by atoms with Gasteiger partial charge in [0.25, 0.3) is 11.8 Å². The number of rotatable bonds is 8. The number of anilines is 1. The van der Waals surface area contributed by atoms with Crippen molar-refractivity contribution in [1.29, 1.82) is 0 Å². The smallest absolute Gasteiger partial charge is 0.262 e. The Labute approximate surface area is 169 Å². The maximum Gasteiger partial charge on any atom is 0.262 e. The number of ether oxygens (including phenoxy) is 1. The van der Waals surface area contributed by atoms with Crippen molar-refractivity contribution in [1.82, 2.24) is 20.0 Å². The average molecular weight is 399 g/mol. The van der Waals surface area contributed by atoms with Crippen LogP contribution in [0.15, 0.2) is 30.5 Å². The Morgan fingerprint density at radius 3 is 2.62 bits per heavy atom. The molecule has 2 heterocycles. The molecule has 3 rings (SSSR count). The zero-order valence-corrected chi connectivity index (χ0v) is 16.6. The van der Waals surface area contributed by atoms with Crippen LogP contribution in [0.3, 0.4) is 0 Å². The Hall–Kier alpha value is -3.36. The summed E-state index contributed by atoms with van der Waals surface area (Å²) in [6.45, 7) is 1.98. The van der Waals surface area contributed by atoms with Crippen LogP contribution in [0.1, 0.15) is 40.0 Å². The van der Waals surface area contributed by atoms with Crippen LogP contribution in [0.5, 0.6) is 5.88 Å². The van der Waals surface area contributed by atoms with Gasteiger partial charge in [-0.15, -0.1) is 5.10 Å². The summed E-state index contributed by atoms with van der Waals surface area (Å²) in [6.07, 6.45) is 3.84. The van der Waals surface area contributed by atoms with Gasteiger partial charge in [-0.05, 0) is 37.1 Å². The number of nitrogens with zero attached hydrogens (tertiary/aromatic N) is 3. The number of aromatic nitrogens is 2. The summed E-state index contributed by atoms with van der Waals surface area (Å²) in [4.78, 5) is 38.0. The Kier molecular flexibility index (Phi) is 6.48. The van der Waals surface area contributed by atoms with Crippen LogP contribution in [0.25, 0.3) is 0 Å². The van der Waals surface area contributed by atoms with Crippen molar-refractivity contribution < 1.29 is 19.1 Å². The lowest BCUT2D eigenvalue weighted by atomic mass is 10.2. The second kappa shape index (κ2) is 9.22. The molecule has 1 saturated heterocycles. The molecule has 1 aliphatic rings. The molecule has 0 bridgehead atoms. The van der Waals surface area contributed by atoms with Crippen molar-refractivity contribution in [3.05, 3.63) is 41.6 Å². The molecule has 9 nitrogen and oxygen atoms in total. The summed E-state index contributed by atoms with van der Waals surface area (Å²) in [5, 5.41) is 9.66. The standard InChI is InChI=1S/C20H25N5O4/c1-24-13-16(20(23-24)29-2)19(28)22-15-8-6-14(7-9-15)18(27)21-10-4-12-25-11-3-5-17(25)26/h6-9,13H,3-5,10-12H2,1-2H3,(H,21,27)(H,22,28). The molecule has 0 saturated carbocycles. The van der Waals surface area contributed by atoms with Gasteiger partial charge in [0.1, 0.15) is 5.56 Å². The molecule has 0 unspecified atom stereocenters. The molecule has 29 heavy (non-hydrogen) atoms. The molecule has 154 valence electrons. The van der Waals surface area contributed by atoms with Crippen LogP contribution >= 0.6 is 0 Å². The number of carbonyl (C=O) groups is 3. The van der Waals surface area contributed by atoms with Gasteiger partial charge in [0.2, 0.25) is 11.8 Å². The molecule has 2 aromatic rings. The van der Waals surface area contributed by atoms with Crippen LogP contribution in [-0.2, 0) is 11.8 Å². The summed E-state index contributed by atoms with van der Waals surface area (Å²) >= 11 is 0. The molecule has 0 atom stereocenters. The minimum absolute atomic E-state index is 0.190. The second-order valence-corrected chi connectivity index (χ2v) is 6.85. The van der Waals surface area contributed by atoms with Crippen molar-refractivity contribution in [2.24, 2.45) is 7.05 Å². The van der Waals surface area contributed by atoms with Gasteiger partial charge in [-0.1, -0.05) is 0 Å². The lowest BCUT2D eigenvalue weighted by Crippen LogP contribution is -2.30. The lowest BCUT2D eigenvalue weighted by Gasteiger charge is -2.15. The van der Waals surface area contributed by atoms with E-state index in [1.807, 2.05) is 4.90 Å². The number of nitrogens with one attached hydrogen (secondary N) is 2. The van der Waals surface area contributed by atoms with E-state index in [1.165, 1.54) is 11.8 Å². The van der Waals surface area contributed by atoms with Gasteiger partial charge in [0.05, 0.1) is 7.11 Å². The average Bonchev–Trinajstić information content (AvgIpc) is 3.30. The van der Waals surface area contributed by atoms with Gasteiger partial charge in [0.15, 0.2) is 0 Å².